The van der Waals surface area contributed by atoms with Gasteiger partial charge in [-0.3, -0.25) is 4.99 Å². The van der Waals surface area contributed by atoms with E-state index in [1.54, 1.807) is 0 Å². The summed E-state index contributed by atoms with van der Waals surface area (Å²) in [5.41, 5.74) is 16.5. The molecule has 50 heavy (non-hydrogen) atoms. The number of hydrogen-bond acceptors (Lipinski definition) is 3. The van der Waals surface area contributed by atoms with Crippen LogP contribution in [0.25, 0.3) is 60.6 Å². The second-order valence-electron chi connectivity index (χ2n) is 12.4. The first kappa shape index (κ1) is 29.4. The monoisotopic (exact) mass is 644 g/mol. The molecule has 0 aliphatic heterocycles. The van der Waals surface area contributed by atoms with Gasteiger partial charge in [0.2, 0.25) is 0 Å². The van der Waals surface area contributed by atoms with E-state index in [9.17, 15) is 0 Å². The summed E-state index contributed by atoms with van der Waals surface area (Å²) in [5, 5.41) is 4.46. The maximum atomic E-state index is 6.66. The number of furan rings is 1. The fourth-order valence-electron chi connectivity index (χ4n) is 6.89. The van der Waals surface area contributed by atoms with Crippen molar-refractivity contribution in [3.05, 3.63) is 187 Å². The van der Waals surface area contributed by atoms with E-state index in [-0.39, 0.29) is 0 Å². The maximum absolute atomic E-state index is 6.66. The summed E-state index contributed by atoms with van der Waals surface area (Å²) in [6, 6.07) is 58.2. The Bertz CT molecular complexity index is 2710. The van der Waals surface area contributed by atoms with E-state index in [2.05, 4.69) is 95.6 Å². The summed E-state index contributed by atoms with van der Waals surface area (Å²) in [4.78, 5) is 9.97. The van der Waals surface area contributed by atoms with Crippen LogP contribution < -0.4 is 5.73 Å². The largest absolute Gasteiger partial charge is 0.454 e. The fourth-order valence-corrected chi connectivity index (χ4v) is 6.89. The molecule has 9 aromatic rings. The first-order valence-electron chi connectivity index (χ1n) is 16.7. The molecule has 0 radical (unpaired) electrons. The first-order chi connectivity index (χ1) is 24.7. The number of nitrogens with zero attached hydrogens (tertiary/aromatic N) is 3. The van der Waals surface area contributed by atoms with Gasteiger partial charge >= 0.3 is 0 Å². The highest BCUT2D eigenvalue weighted by atomic mass is 16.3. The van der Waals surface area contributed by atoms with Gasteiger partial charge < -0.3 is 14.7 Å². The molecule has 0 saturated heterocycles. The van der Waals surface area contributed by atoms with E-state index in [0.29, 0.717) is 5.84 Å². The molecule has 2 N–H and O–H groups in total. The highest BCUT2D eigenvalue weighted by molar-refractivity contribution is 6.21. The van der Waals surface area contributed by atoms with Gasteiger partial charge in [-0.05, 0) is 47.0 Å². The number of aromatic nitrogens is 1. The molecular formula is C45H32N4O. The molecule has 1 atom stereocenters. The molecule has 0 aliphatic carbocycles. The Morgan fingerprint density at radius 1 is 0.600 bits per heavy atom. The molecule has 0 saturated carbocycles. The summed E-state index contributed by atoms with van der Waals surface area (Å²) in [6.07, 6.45) is 1.29. The quantitative estimate of drug-likeness (QED) is 0.139. The molecule has 5 heteroatoms. The molecule has 0 spiro atoms. The highest BCUT2D eigenvalue weighted by Crippen LogP contribution is 2.41. The molecule has 238 valence electrons. The van der Waals surface area contributed by atoms with Crippen LogP contribution in [0.3, 0.4) is 0 Å². The minimum absolute atomic E-state index is 0.430. The van der Waals surface area contributed by atoms with Gasteiger partial charge in [-0.2, -0.15) is 0 Å². The average Bonchev–Trinajstić information content (AvgIpc) is 3.73. The third-order valence-electron chi connectivity index (χ3n) is 9.30. The maximum Gasteiger partial charge on any atom is 0.167 e. The van der Waals surface area contributed by atoms with E-state index < -0.39 is 6.17 Å². The van der Waals surface area contributed by atoms with Crippen molar-refractivity contribution in [3.8, 4) is 16.8 Å². The van der Waals surface area contributed by atoms with Gasteiger partial charge in [0.05, 0.1) is 11.0 Å². The van der Waals surface area contributed by atoms with Crippen LogP contribution in [0, 0.1) is 0 Å². The number of benzene rings is 7. The predicted molar refractivity (Wildman–Crippen MR) is 207 cm³/mol. The van der Waals surface area contributed by atoms with Crippen molar-refractivity contribution in [2.24, 2.45) is 15.7 Å². The van der Waals surface area contributed by atoms with E-state index in [4.69, 9.17) is 20.1 Å². The smallest absolute Gasteiger partial charge is 0.167 e. The second-order valence-corrected chi connectivity index (χ2v) is 12.4. The molecule has 0 aliphatic rings. The minimum Gasteiger partial charge on any atom is -0.454 e. The number of amidine groups is 1. The lowest BCUT2D eigenvalue weighted by atomic mass is 10.0. The van der Waals surface area contributed by atoms with Gasteiger partial charge in [0.25, 0.3) is 0 Å². The summed E-state index contributed by atoms with van der Waals surface area (Å²) >= 11 is 0. The molecule has 2 aromatic heterocycles. The number of aliphatic imine (C=N–C) groups is 2. The van der Waals surface area contributed by atoms with Crippen molar-refractivity contribution in [2.45, 2.75) is 6.17 Å². The van der Waals surface area contributed by atoms with Crippen LogP contribution >= 0.6 is 0 Å². The molecule has 0 fully saturated rings. The first-order valence-corrected chi connectivity index (χ1v) is 16.7. The lowest BCUT2D eigenvalue weighted by Crippen LogP contribution is -2.15. The topological polar surface area (TPSA) is 68.8 Å². The zero-order valence-corrected chi connectivity index (χ0v) is 27.1. The summed E-state index contributed by atoms with van der Waals surface area (Å²) in [5.74, 6) is 0.430. The molecule has 9 rings (SSSR count). The van der Waals surface area contributed by atoms with E-state index in [1.807, 2.05) is 85.1 Å². The highest BCUT2D eigenvalue weighted by Gasteiger charge is 2.20. The van der Waals surface area contributed by atoms with Crippen molar-refractivity contribution in [1.29, 1.82) is 0 Å². The normalized spacial score (nSPS) is 12.8. The van der Waals surface area contributed by atoms with Crippen LogP contribution in [0.2, 0.25) is 0 Å². The summed E-state index contributed by atoms with van der Waals surface area (Å²) in [6.45, 7) is 0. The summed E-state index contributed by atoms with van der Waals surface area (Å²) in [7, 11) is 0. The molecule has 0 amide bonds. The van der Waals surface area contributed by atoms with Gasteiger partial charge in [-0.15, -0.1) is 0 Å². The minimum atomic E-state index is -0.574. The Labute approximate surface area is 289 Å². The second kappa shape index (κ2) is 12.4. The van der Waals surface area contributed by atoms with Crippen LogP contribution in [0.1, 0.15) is 22.9 Å². The van der Waals surface area contributed by atoms with Crippen LogP contribution in [0.4, 0.5) is 0 Å². The van der Waals surface area contributed by atoms with Crippen molar-refractivity contribution in [1.82, 2.24) is 4.57 Å². The number of fused-ring (bicyclic) bond motifs is 7. The fraction of sp³-hybridized carbons (Fsp3) is 0.0222. The molecule has 1 unspecified atom stereocenters. The Kier molecular flexibility index (Phi) is 7.29. The van der Waals surface area contributed by atoms with E-state index >= 15 is 0 Å². The van der Waals surface area contributed by atoms with Crippen LogP contribution in [0.5, 0.6) is 0 Å². The van der Waals surface area contributed by atoms with Crippen molar-refractivity contribution >= 4 is 55.8 Å². The standard InChI is InChI=1S/C45H32N4O/c46-44(32-17-8-3-9-18-32)48-45(47-29-30-13-4-1-5-14-30)34-19-12-20-35(27-34)49-40-28-33(31-15-6-2-7-16-31)23-24-36(40)38-25-26-39-37-21-10-11-22-41(37)50-43(39)42(38)49/h1-29,45H,(H2,46,48)/b47-29+. The van der Waals surface area contributed by atoms with Crippen LogP contribution in [0.15, 0.2) is 184 Å². The van der Waals surface area contributed by atoms with Gasteiger partial charge in [0.1, 0.15) is 11.4 Å². The molecule has 5 nitrogen and oxygen atoms in total. The average molecular weight is 645 g/mol. The lowest BCUT2D eigenvalue weighted by molar-refractivity contribution is 0.671. The van der Waals surface area contributed by atoms with Gasteiger partial charge in [0.15, 0.2) is 11.7 Å². The molecule has 7 aromatic carbocycles. The van der Waals surface area contributed by atoms with E-state index in [1.165, 1.54) is 0 Å². The number of para-hydroxylation sites is 1. The molecular weight excluding hydrogens is 613 g/mol. The number of nitrogens with two attached hydrogens (primary N) is 1. The third kappa shape index (κ3) is 5.22. The Morgan fingerprint density at radius 2 is 1.30 bits per heavy atom. The molecule has 0 bridgehead atoms. The zero-order chi connectivity index (χ0) is 33.4. The van der Waals surface area contributed by atoms with Gasteiger partial charge in [0, 0.05) is 44.6 Å². The van der Waals surface area contributed by atoms with Crippen molar-refractivity contribution in [2.75, 3.05) is 0 Å². The molecule has 2 heterocycles. The van der Waals surface area contributed by atoms with Crippen LogP contribution in [-0.4, -0.2) is 16.6 Å². The van der Waals surface area contributed by atoms with Crippen molar-refractivity contribution < 1.29 is 4.42 Å². The zero-order valence-electron chi connectivity index (χ0n) is 27.1. The number of rotatable bonds is 7. The predicted octanol–water partition coefficient (Wildman–Crippen LogP) is 10.9. The van der Waals surface area contributed by atoms with Gasteiger partial charge in [-0.1, -0.05) is 140 Å². The van der Waals surface area contributed by atoms with Gasteiger partial charge in [-0.25, -0.2) is 4.99 Å². The Hall–Kier alpha value is -6.72. The van der Waals surface area contributed by atoms with Crippen molar-refractivity contribution in [3.63, 3.8) is 0 Å². The SMILES string of the molecule is N/C(=N\C(/N=C/c1ccccc1)c1cccc(-n2c3cc(-c4ccccc4)ccc3c3ccc4c5ccccc5oc4c32)c1)c1ccccc1. The Balaban J connectivity index is 1.29. The lowest BCUT2D eigenvalue weighted by Gasteiger charge is -2.14. The van der Waals surface area contributed by atoms with Crippen LogP contribution in [-0.2, 0) is 0 Å². The number of hydrogen-bond donors (Lipinski definition) is 1. The Morgan fingerprint density at radius 3 is 2.12 bits per heavy atom. The summed E-state index contributed by atoms with van der Waals surface area (Å²) < 4.78 is 8.98. The third-order valence-corrected chi connectivity index (χ3v) is 9.30. The van der Waals surface area contributed by atoms with E-state index in [0.717, 1.165) is 77.2 Å².